The average Bonchev–Trinajstić information content (AvgIpc) is 2.46. The fraction of sp³-hybridized carbons (Fsp3) is 0.647. The maximum Gasteiger partial charge on any atom is 0.0189 e. The number of aryl methyl sites for hydroxylation is 1. The van der Waals surface area contributed by atoms with Gasteiger partial charge in [0, 0.05) is 16.7 Å². The summed E-state index contributed by atoms with van der Waals surface area (Å²) in [6.45, 7) is 5.47. The minimum Gasteiger partial charge on any atom is -0.313 e. The minimum atomic E-state index is 0.691. The van der Waals surface area contributed by atoms with E-state index in [0.29, 0.717) is 6.04 Å². The van der Waals surface area contributed by atoms with Crippen molar-refractivity contribution in [2.45, 2.75) is 56.9 Å². The minimum absolute atomic E-state index is 0.691. The topological polar surface area (TPSA) is 12.0 Å². The van der Waals surface area contributed by atoms with Gasteiger partial charge in [0.25, 0.3) is 0 Å². The van der Waals surface area contributed by atoms with Gasteiger partial charge in [-0.2, -0.15) is 0 Å². The Morgan fingerprint density at radius 1 is 1.16 bits per heavy atom. The van der Waals surface area contributed by atoms with Crippen molar-refractivity contribution in [3.8, 4) is 0 Å². The molecule has 1 aliphatic carbocycles. The van der Waals surface area contributed by atoms with Crippen LogP contribution in [0.5, 0.6) is 0 Å². The van der Waals surface area contributed by atoms with Crippen LogP contribution in [-0.4, -0.2) is 18.3 Å². The number of nitrogens with one attached hydrogen (secondary N) is 1. The first-order valence-corrected chi connectivity index (χ1v) is 8.71. The van der Waals surface area contributed by atoms with Crippen LogP contribution in [0.1, 0.15) is 44.6 Å². The Morgan fingerprint density at radius 2 is 1.84 bits per heavy atom. The monoisotopic (exact) mass is 277 g/mol. The van der Waals surface area contributed by atoms with E-state index < -0.39 is 0 Å². The van der Waals surface area contributed by atoms with E-state index in [1.807, 2.05) is 11.8 Å². The molecule has 0 spiro atoms. The molecule has 1 atom stereocenters. The number of hydrogen-bond donors (Lipinski definition) is 1. The summed E-state index contributed by atoms with van der Waals surface area (Å²) in [5.41, 5.74) is 1.35. The summed E-state index contributed by atoms with van der Waals surface area (Å²) >= 11 is 2.01. The molecule has 0 heterocycles. The molecule has 1 N–H and O–H groups in total. The third-order valence-corrected chi connectivity index (χ3v) is 5.27. The first-order chi connectivity index (χ1) is 9.29. The quantitative estimate of drug-likeness (QED) is 0.760. The van der Waals surface area contributed by atoms with Crippen LogP contribution >= 0.6 is 11.8 Å². The first kappa shape index (κ1) is 14.9. The Morgan fingerprint density at radius 3 is 2.47 bits per heavy atom. The van der Waals surface area contributed by atoms with E-state index in [2.05, 4.69) is 43.4 Å². The molecule has 2 heteroatoms. The maximum atomic E-state index is 3.71. The van der Waals surface area contributed by atoms with E-state index in [-0.39, 0.29) is 0 Å². The van der Waals surface area contributed by atoms with E-state index in [4.69, 9.17) is 0 Å². The molecule has 19 heavy (non-hydrogen) atoms. The molecule has 0 bridgehead atoms. The van der Waals surface area contributed by atoms with Crippen molar-refractivity contribution in [2.24, 2.45) is 5.92 Å². The lowest BCUT2D eigenvalue weighted by atomic mass is 9.84. The van der Waals surface area contributed by atoms with Crippen LogP contribution in [0.2, 0.25) is 0 Å². The highest BCUT2D eigenvalue weighted by Gasteiger charge is 2.22. The van der Waals surface area contributed by atoms with E-state index in [9.17, 15) is 0 Å². The SMILES string of the molecule is CCNC(CSc1ccc(C)cc1)C1CCCCC1. The summed E-state index contributed by atoms with van der Waals surface area (Å²) in [5, 5.41) is 3.71. The van der Waals surface area contributed by atoms with E-state index in [1.54, 1.807) is 0 Å². The van der Waals surface area contributed by atoms with Gasteiger partial charge in [-0.05, 0) is 44.4 Å². The van der Waals surface area contributed by atoms with E-state index in [0.717, 1.165) is 12.5 Å². The second-order valence-electron chi connectivity index (χ2n) is 5.69. The fourth-order valence-corrected chi connectivity index (χ4v) is 4.07. The van der Waals surface area contributed by atoms with Crippen LogP contribution in [0.4, 0.5) is 0 Å². The molecule has 0 amide bonds. The molecule has 1 saturated carbocycles. The second kappa shape index (κ2) is 7.96. The molecule has 0 saturated heterocycles. The summed E-state index contributed by atoms with van der Waals surface area (Å²) in [7, 11) is 0. The highest BCUT2D eigenvalue weighted by atomic mass is 32.2. The standard InChI is InChI=1S/C17H27NS/c1-3-18-17(15-7-5-4-6-8-15)13-19-16-11-9-14(2)10-12-16/h9-12,15,17-18H,3-8,13H2,1-2H3. The summed E-state index contributed by atoms with van der Waals surface area (Å²) in [6, 6.07) is 9.63. The van der Waals surface area contributed by atoms with Gasteiger partial charge in [0.15, 0.2) is 0 Å². The number of thioether (sulfide) groups is 1. The molecule has 2 rings (SSSR count). The smallest absolute Gasteiger partial charge is 0.0189 e. The summed E-state index contributed by atoms with van der Waals surface area (Å²) in [6.07, 6.45) is 7.15. The Balaban J connectivity index is 1.87. The van der Waals surface area contributed by atoms with Crippen molar-refractivity contribution in [2.75, 3.05) is 12.3 Å². The molecule has 0 aliphatic heterocycles. The largest absolute Gasteiger partial charge is 0.313 e. The molecule has 1 aromatic rings. The Bertz CT molecular complexity index is 354. The summed E-state index contributed by atoms with van der Waals surface area (Å²) in [5.74, 6) is 2.10. The van der Waals surface area contributed by atoms with Gasteiger partial charge in [0.05, 0.1) is 0 Å². The van der Waals surface area contributed by atoms with Crippen molar-refractivity contribution >= 4 is 11.8 Å². The van der Waals surface area contributed by atoms with Crippen LogP contribution in [0, 0.1) is 12.8 Å². The van der Waals surface area contributed by atoms with Crippen molar-refractivity contribution in [1.29, 1.82) is 0 Å². The molecular formula is C17H27NS. The van der Waals surface area contributed by atoms with Gasteiger partial charge in [-0.1, -0.05) is 43.9 Å². The van der Waals surface area contributed by atoms with Gasteiger partial charge in [-0.3, -0.25) is 0 Å². The van der Waals surface area contributed by atoms with Gasteiger partial charge in [-0.25, -0.2) is 0 Å². The highest BCUT2D eigenvalue weighted by Crippen LogP contribution is 2.29. The molecule has 106 valence electrons. The van der Waals surface area contributed by atoms with Crippen LogP contribution in [-0.2, 0) is 0 Å². The Hall–Kier alpha value is -0.470. The maximum absolute atomic E-state index is 3.71. The van der Waals surface area contributed by atoms with Gasteiger partial charge in [-0.15, -0.1) is 11.8 Å². The van der Waals surface area contributed by atoms with Crippen LogP contribution < -0.4 is 5.32 Å². The van der Waals surface area contributed by atoms with Gasteiger partial charge >= 0.3 is 0 Å². The van der Waals surface area contributed by atoms with E-state index >= 15 is 0 Å². The molecule has 0 aromatic heterocycles. The lowest BCUT2D eigenvalue weighted by Gasteiger charge is -2.30. The summed E-state index contributed by atoms with van der Waals surface area (Å²) in [4.78, 5) is 1.41. The Labute approximate surface area is 122 Å². The molecule has 1 fully saturated rings. The lowest BCUT2D eigenvalue weighted by Crippen LogP contribution is -2.39. The first-order valence-electron chi connectivity index (χ1n) is 7.72. The van der Waals surface area contributed by atoms with Crippen LogP contribution in [0.25, 0.3) is 0 Å². The molecule has 1 nitrogen and oxygen atoms in total. The second-order valence-corrected chi connectivity index (χ2v) is 6.78. The number of hydrogen-bond acceptors (Lipinski definition) is 2. The van der Waals surface area contributed by atoms with Crippen molar-refractivity contribution < 1.29 is 0 Å². The van der Waals surface area contributed by atoms with Crippen molar-refractivity contribution in [3.05, 3.63) is 29.8 Å². The molecular weight excluding hydrogens is 250 g/mol. The zero-order valence-corrected chi connectivity index (χ0v) is 13.1. The number of benzene rings is 1. The molecule has 1 aliphatic rings. The predicted molar refractivity (Wildman–Crippen MR) is 85.9 cm³/mol. The lowest BCUT2D eigenvalue weighted by molar-refractivity contribution is 0.288. The van der Waals surface area contributed by atoms with Crippen molar-refractivity contribution in [3.63, 3.8) is 0 Å². The number of rotatable bonds is 6. The average molecular weight is 277 g/mol. The van der Waals surface area contributed by atoms with Crippen LogP contribution in [0.15, 0.2) is 29.2 Å². The molecule has 0 radical (unpaired) electrons. The highest BCUT2D eigenvalue weighted by molar-refractivity contribution is 7.99. The normalized spacial score (nSPS) is 18.4. The van der Waals surface area contributed by atoms with Gasteiger partial charge < -0.3 is 5.32 Å². The van der Waals surface area contributed by atoms with Crippen molar-refractivity contribution in [1.82, 2.24) is 5.32 Å². The van der Waals surface area contributed by atoms with Gasteiger partial charge in [0.1, 0.15) is 0 Å². The zero-order chi connectivity index (χ0) is 13.5. The molecule has 1 unspecified atom stereocenters. The fourth-order valence-electron chi connectivity index (χ4n) is 2.98. The zero-order valence-electron chi connectivity index (χ0n) is 12.3. The molecule has 1 aromatic carbocycles. The summed E-state index contributed by atoms with van der Waals surface area (Å²) < 4.78 is 0. The Kier molecular flexibility index (Phi) is 6.25. The van der Waals surface area contributed by atoms with Gasteiger partial charge in [0.2, 0.25) is 0 Å². The third-order valence-electron chi connectivity index (χ3n) is 4.14. The van der Waals surface area contributed by atoms with Crippen LogP contribution in [0.3, 0.4) is 0 Å². The third kappa shape index (κ3) is 4.85. The van der Waals surface area contributed by atoms with E-state index in [1.165, 1.54) is 48.3 Å². The predicted octanol–water partition coefficient (Wildman–Crippen LogP) is 4.65.